The first kappa shape index (κ1) is 17.7. The van der Waals surface area contributed by atoms with Gasteiger partial charge in [-0.05, 0) is 31.2 Å². The van der Waals surface area contributed by atoms with Crippen LogP contribution in [0.1, 0.15) is 5.69 Å². The Morgan fingerprint density at radius 3 is 2.54 bits per heavy atom. The molecular formula is C20H22N4O2. The Morgan fingerprint density at radius 1 is 0.962 bits per heavy atom. The second-order valence-electron chi connectivity index (χ2n) is 5.67. The maximum absolute atomic E-state index is 5.97. The Labute approximate surface area is 153 Å². The predicted molar refractivity (Wildman–Crippen MR) is 103 cm³/mol. The average Bonchev–Trinajstić information content (AvgIpc) is 2.64. The summed E-state index contributed by atoms with van der Waals surface area (Å²) in [5.41, 5.74) is 1.66. The number of methoxy groups -OCH3 is 1. The highest BCUT2D eigenvalue weighted by molar-refractivity contribution is 5.64. The molecule has 0 aliphatic carbocycles. The molecule has 0 saturated carbocycles. The molecule has 3 aromatic rings. The molecule has 1 heterocycles. The van der Waals surface area contributed by atoms with Gasteiger partial charge in [-0.2, -0.15) is 4.98 Å². The third-order valence-electron chi connectivity index (χ3n) is 3.57. The van der Waals surface area contributed by atoms with Crippen molar-refractivity contribution in [2.45, 2.75) is 6.92 Å². The second-order valence-corrected chi connectivity index (χ2v) is 5.67. The minimum Gasteiger partial charge on any atom is -0.455 e. The Bertz CT molecular complexity index is 840. The van der Waals surface area contributed by atoms with Crippen LogP contribution >= 0.6 is 0 Å². The van der Waals surface area contributed by atoms with Gasteiger partial charge < -0.3 is 20.1 Å². The van der Waals surface area contributed by atoms with Crippen molar-refractivity contribution >= 4 is 17.5 Å². The quantitative estimate of drug-likeness (QED) is 0.588. The van der Waals surface area contributed by atoms with E-state index < -0.39 is 0 Å². The summed E-state index contributed by atoms with van der Waals surface area (Å²) < 4.78 is 11.0. The van der Waals surface area contributed by atoms with E-state index in [1.807, 2.05) is 67.6 Å². The van der Waals surface area contributed by atoms with E-state index in [2.05, 4.69) is 20.6 Å². The van der Waals surface area contributed by atoms with E-state index in [1.165, 1.54) is 0 Å². The summed E-state index contributed by atoms with van der Waals surface area (Å²) >= 11 is 0. The molecule has 0 spiro atoms. The molecule has 0 saturated heterocycles. The maximum atomic E-state index is 5.97. The van der Waals surface area contributed by atoms with Crippen molar-refractivity contribution < 1.29 is 9.47 Å². The molecule has 6 nitrogen and oxygen atoms in total. The summed E-state index contributed by atoms with van der Waals surface area (Å²) in [5.74, 6) is 2.74. The highest BCUT2D eigenvalue weighted by Gasteiger charge is 2.08. The molecule has 134 valence electrons. The Morgan fingerprint density at radius 2 is 1.73 bits per heavy atom. The summed E-state index contributed by atoms with van der Waals surface area (Å²) in [6, 6.07) is 19.3. The highest BCUT2D eigenvalue weighted by Crippen LogP contribution is 2.30. The van der Waals surface area contributed by atoms with Gasteiger partial charge in [-0.3, -0.25) is 0 Å². The molecule has 0 unspecified atom stereocenters. The van der Waals surface area contributed by atoms with Crippen molar-refractivity contribution in [1.82, 2.24) is 9.97 Å². The zero-order valence-corrected chi connectivity index (χ0v) is 14.9. The van der Waals surface area contributed by atoms with Crippen LogP contribution in [0, 0.1) is 6.92 Å². The summed E-state index contributed by atoms with van der Waals surface area (Å²) in [7, 11) is 1.67. The van der Waals surface area contributed by atoms with Crippen molar-refractivity contribution in [3.8, 4) is 11.5 Å². The van der Waals surface area contributed by atoms with E-state index in [9.17, 15) is 0 Å². The third-order valence-corrected chi connectivity index (χ3v) is 3.57. The van der Waals surface area contributed by atoms with Crippen molar-refractivity contribution in [3.63, 3.8) is 0 Å². The normalized spacial score (nSPS) is 10.4. The first-order valence-corrected chi connectivity index (χ1v) is 8.42. The number of aromatic nitrogens is 2. The summed E-state index contributed by atoms with van der Waals surface area (Å²) in [6.45, 7) is 3.22. The fraction of sp³-hybridized carbons (Fsp3) is 0.200. The van der Waals surface area contributed by atoms with Crippen molar-refractivity contribution in [1.29, 1.82) is 0 Å². The number of nitrogens with zero attached hydrogens (tertiary/aromatic N) is 2. The molecule has 0 amide bonds. The predicted octanol–water partition coefficient (Wildman–Crippen LogP) is 4.38. The lowest BCUT2D eigenvalue weighted by Crippen LogP contribution is -2.10. The number of benzene rings is 2. The zero-order chi connectivity index (χ0) is 18.2. The first-order valence-electron chi connectivity index (χ1n) is 8.42. The fourth-order valence-electron chi connectivity index (χ4n) is 2.39. The van der Waals surface area contributed by atoms with Crippen LogP contribution in [0.3, 0.4) is 0 Å². The largest absolute Gasteiger partial charge is 0.455 e. The minimum atomic E-state index is 0.508. The van der Waals surface area contributed by atoms with Gasteiger partial charge in [0.1, 0.15) is 11.6 Å². The zero-order valence-electron chi connectivity index (χ0n) is 14.9. The molecule has 0 aliphatic rings. The molecule has 3 rings (SSSR count). The van der Waals surface area contributed by atoms with E-state index in [-0.39, 0.29) is 0 Å². The van der Waals surface area contributed by atoms with E-state index in [0.29, 0.717) is 24.8 Å². The molecular weight excluding hydrogens is 328 g/mol. The number of hydrogen-bond acceptors (Lipinski definition) is 6. The van der Waals surface area contributed by atoms with Gasteiger partial charge in [0.25, 0.3) is 0 Å². The lowest BCUT2D eigenvalue weighted by molar-refractivity contribution is 0.210. The smallest absolute Gasteiger partial charge is 0.229 e. The third kappa shape index (κ3) is 4.94. The first-order chi connectivity index (χ1) is 12.7. The number of anilines is 3. The number of aryl methyl sites for hydroxylation is 1. The van der Waals surface area contributed by atoms with Crippen molar-refractivity contribution in [2.75, 3.05) is 30.9 Å². The molecule has 0 fully saturated rings. The van der Waals surface area contributed by atoms with Crippen LogP contribution in [-0.4, -0.2) is 30.2 Å². The Kier molecular flexibility index (Phi) is 6.01. The molecule has 2 N–H and O–H groups in total. The van der Waals surface area contributed by atoms with Gasteiger partial charge in [-0.25, -0.2) is 4.98 Å². The molecule has 0 atom stereocenters. The van der Waals surface area contributed by atoms with Gasteiger partial charge in [0, 0.05) is 25.4 Å². The number of rotatable bonds is 8. The standard InChI is InChI=1S/C20H22N4O2/c1-15-14-19(21-12-13-25-2)24-20(22-15)23-17-10-6-7-11-18(17)26-16-8-4-3-5-9-16/h3-11,14H,12-13H2,1-2H3,(H2,21,22,23,24). The van der Waals surface area contributed by atoms with Gasteiger partial charge in [-0.1, -0.05) is 30.3 Å². The summed E-state index contributed by atoms with van der Waals surface area (Å²) in [4.78, 5) is 8.96. The van der Waals surface area contributed by atoms with Crippen LogP contribution in [0.25, 0.3) is 0 Å². The van der Waals surface area contributed by atoms with Gasteiger partial charge in [0.2, 0.25) is 5.95 Å². The average molecular weight is 350 g/mol. The van der Waals surface area contributed by atoms with E-state index in [0.717, 1.165) is 22.9 Å². The van der Waals surface area contributed by atoms with Crippen molar-refractivity contribution in [3.05, 3.63) is 66.4 Å². The number of para-hydroxylation sites is 3. The van der Waals surface area contributed by atoms with Crippen LogP contribution in [0.2, 0.25) is 0 Å². The highest BCUT2D eigenvalue weighted by atomic mass is 16.5. The van der Waals surface area contributed by atoms with Gasteiger partial charge >= 0.3 is 0 Å². The van der Waals surface area contributed by atoms with Gasteiger partial charge in [0.15, 0.2) is 5.75 Å². The fourth-order valence-corrected chi connectivity index (χ4v) is 2.39. The van der Waals surface area contributed by atoms with Crippen LogP contribution in [0.4, 0.5) is 17.5 Å². The SMILES string of the molecule is COCCNc1cc(C)nc(Nc2ccccc2Oc2ccccc2)n1. The monoisotopic (exact) mass is 350 g/mol. The molecule has 2 aromatic carbocycles. The summed E-state index contributed by atoms with van der Waals surface area (Å²) in [5, 5.41) is 6.47. The van der Waals surface area contributed by atoms with Crippen LogP contribution in [0.5, 0.6) is 11.5 Å². The lowest BCUT2D eigenvalue weighted by atomic mass is 10.3. The molecule has 0 radical (unpaired) electrons. The molecule has 1 aromatic heterocycles. The van der Waals surface area contributed by atoms with Gasteiger partial charge in [0.05, 0.1) is 12.3 Å². The van der Waals surface area contributed by atoms with E-state index in [1.54, 1.807) is 7.11 Å². The molecule has 0 bridgehead atoms. The maximum Gasteiger partial charge on any atom is 0.229 e. The number of hydrogen-bond donors (Lipinski definition) is 2. The Hall–Kier alpha value is -3.12. The van der Waals surface area contributed by atoms with Gasteiger partial charge in [-0.15, -0.1) is 0 Å². The minimum absolute atomic E-state index is 0.508. The number of ether oxygens (including phenoxy) is 2. The van der Waals surface area contributed by atoms with Crippen LogP contribution in [0.15, 0.2) is 60.7 Å². The van der Waals surface area contributed by atoms with E-state index in [4.69, 9.17) is 9.47 Å². The van der Waals surface area contributed by atoms with Crippen molar-refractivity contribution in [2.24, 2.45) is 0 Å². The number of nitrogens with one attached hydrogen (secondary N) is 2. The van der Waals surface area contributed by atoms with E-state index >= 15 is 0 Å². The molecule has 26 heavy (non-hydrogen) atoms. The second kappa shape index (κ2) is 8.82. The van der Waals surface area contributed by atoms with Crippen LogP contribution in [-0.2, 0) is 4.74 Å². The molecule has 6 heteroatoms. The van der Waals surface area contributed by atoms with Crippen LogP contribution < -0.4 is 15.4 Å². The summed E-state index contributed by atoms with van der Waals surface area (Å²) in [6.07, 6.45) is 0. The molecule has 0 aliphatic heterocycles. The lowest BCUT2D eigenvalue weighted by Gasteiger charge is -2.13. The Balaban J connectivity index is 1.78. The topological polar surface area (TPSA) is 68.3 Å².